The lowest BCUT2D eigenvalue weighted by Gasteiger charge is -2.40. The summed E-state index contributed by atoms with van der Waals surface area (Å²) < 4.78 is 82.8. The lowest BCUT2D eigenvalue weighted by atomic mass is 9.95. The van der Waals surface area contributed by atoms with Gasteiger partial charge in [-0.1, -0.05) is 24.3 Å². The highest BCUT2D eigenvalue weighted by molar-refractivity contribution is 5.77. The summed E-state index contributed by atoms with van der Waals surface area (Å²) >= 11 is 0. The van der Waals surface area contributed by atoms with Gasteiger partial charge in [0.2, 0.25) is 0 Å². The third kappa shape index (κ3) is 6.66. The summed E-state index contributed by atoms with van der Waals surface area (Å²) in [6, 6.07) is 11.6. The van der Waals surface area contributed by atoms with Gasteiger partial charge in [0.1, 0.15) is 36.1 Å². The number of hydrogen-bond donors (Lipinski definition) is 0. The highest BCUT2D eigenvalue weighted by atomic mass is 19.3. The molecular formula is C32H34F4N2O5. The van der Waals surface area contributed by atoms with Crippen LogP contribution in [0.4, 0.5) is 22.4 Å². The van der Waals surface area contributed by atoms with Crippen molar-refractivity contribution < 1.29 is 41.3 Å². The summed E-state index contributed by atoms with van der Waals surface area (Å²) in [6.07, 6.45) is -3.48. The van der Waals surface area contributed by atoms with Crippen molar-refractivity contribution in [2.24, 2.45) is 0 Å². The summed E-state index contributed by atoms with van der Waals surface area (Å²) in [6.45, 7) is 6.57. The molecule has 1 atom stereocenters. The second-order valence-electron chi connectivity index (χ2n) is 11.6. The van der Waals surface area contributed by atoms with Crippen LogP contribution < -0.4 is 14.2 Å². The van der Waals surface area contributed by atoms with E-state index in [9.17, 15) is 13.6 Å². The third-order valence-corrected chi connectivity index (χ3v) is 7.40. The Morgan fingerprint density at radius 2 is 1.81 bits per heavy atom. The van der Waals surface area contributed by atoms with Crippen molar-refractivity contribution >= 4 is 6.09 Å². The number of hydrogen-bond acceptors (Lipinski definition) is 6. The highest BCUT2D eigenvalue weighted by Crippen LogP contribution is 2.45. The number of alkyl halides is 2. The van der Waals surface area contributed by atoms with Gasteiger partial charge in [0.25, 0.3) is 6.43 Å². The minimum Gasteiger partial charge on any atom is -0.497 e. The van der Waals surface area contributed by atoms with Gasteiger partial charge >= 0.3 is 6.09 Å². The Morgan fingerprint density at radius 1 is 1.07 bits per heavy atom. The minimum atomic E-state index is -3.02. The Bertz CT molecular complexity index is 1480. The standard InChI is InChI=1S/C32H34F4N2O5/c1-32(2,3)43-31(39)38-13-12-37-15-20-14-24(33)27(28(34)29(20)42-18-21(37)16-38)26-23(30(35)36)6-5-7-25(26)41-17-19-8-10-22(40-4)11-9-19/h5-11,14,21,30H,12-13,15-18H2,1-4H3/t21-/m1/s1. The van der Waals surface area contributed by atoms with E-state index in [1.54, 1.807) is 49.9 Å². The molecule has 43 heavy (non-hydrogen) atoms. The van der Waals surface area contributed by atoms with E-state index in [0.29, 0.717) is 24.4 Å². The molecule has 2 aliphatic rings. The number of rotatable bonds is 6. The maximum atomic E-state index is 16.2. The number of methoxy groups -OCH3 is 1. The molecule has 1 fully saturated rings. The first-order chi connectivity index (χ1) is 20.4. The Kier molecular flexibility index (Phi) is 8.73. The Morgan fingerprint density at radius 3 is 2.49 bits per heavy atom. The third-order valence-electron chi connectivity index (χ3n) is 7.40. The van der Waals surface area contributed by atoms with E-state index in [-0.39, 0.29) is 55.0 Å². The predicted octanol–water partition coefficient (Wildman–Crippen LogP) is 6.97. The number of ether oxygens (including phenoxy) is 4. The number of amides is 1. The van der Waals surface area contributed by atoms with Gasteiger partial charge < -0.3 is 23.8 Å². The number of halogens is 4. The molecular weight excluding hydrogens is 568 g/mol. The molecule has 0 saturated carbocycles. The van der Waals surface area contributed by atoms with Crippen LogP contribution in [0, 0.1) is 11.6 Å². The van der Waals surface area contributed by atoms with Crippen molar-refractivity contribution in [2.75, 3.05) is 33.4 Å². The van der Waals surface area contributed by atoms with Crippen LogP contribution >= 0.6 is 0 Å². The SMILES string of the molecule is COc1ccc(COc2cccc(C(F)F)c2-c2c(F)cc3c(c2F)OC[C@H]2CN(C(=O)OC(C)(C)C)CCN2C3)cc1. The number of carbonyl (C=O) groups is 1. The maximum Gasteiger partial charge on any atom is 0.410 e. The average molecular weight is 603 g/mol. The highest BCUT2D eigenvalue weighted by Gasteiger charge is 2.36. The smallest absolute Gasteiger partial charge is 0.410 e. The van der Waals surface area contributed by atoms with Gasteiger partial charge in [0.15, 0.2) is 11.6 Å². The molecule has 0 unspecified atom stereocenters. The van der Waals surface area contributed by atoms with Crippen molar-refractivity contribution in [1.82, 2.24) is 9.80 Å². The lowest BCUT2D eigenvalue weighted by molar-refractivity contribution is -0.00164. The quantitative estimate of drug-likeness (QED) is 0.284. The molecule has 0 aromatic heterocycles. The zero-order valence-corrected chi connectivity index (χ0v) is 24.5. The fraction of sp³-hybridized carbons (Fsp3) is 0.406. The van der Waals surface area contributed by atoms with E-state index in [4.69, 9.17) is 18.9 Å². The largest absolute Gasteiger partial charge is 0.497 e. The Balaban J connectivity index is 1.45. The molecule has 0 radical (unpaired) electrons. The molecule has 230 valence electrons. The Labute approximate surface area is 247 Å². The molecule has 0 bridgehead atoms. The van der Waals surface area contributed by atoms with Gasteiger partial charge in [-0.2, -0.15) is 0 Å². The van der Waals surface area contributed by atoms with Crippen LogP contribution in [0.15, 0.2) is 48.5 Å². The maximum absolute atomic E-state index is 16.2. The van der Waals surface area contributed by atoms with Crippen molar-refractivity contribution in [2.45, 2.75) is 52.0 Å². The van der Waals surface area contributed by atoms with Gasteiger partial charge in [0.05, 0.1) is 18.7 Å². The molecule has 2 aliphatic heterocycles. The van der Waals surface area contributed by atoms with Crippen molar-refractivity contribution in [3.05, 3.63) is 76.9 Å². The van der Waals surface area contributed by atoms with Crippen molar-refractivity contribution in [1.29, 1.82) is 0 Å². The first kappa shape index (κ1) is 30.5. The van der Waals surface area contributed by atoms with Gasteiger partial charge in [-0.15, -0.1) is 0 Å². The molecule has 3 aromatic rings. The Hall–Kier alpha value is -3.99. The van der Waals surface area contributed by atoms with E-state index in [2.05, 4.69) is 0 Å². The topological polar surface area (TPSA) is 60.5 Å². The van der Waals surface area contributed by atoms with E-state index < -0.39 is 40.9 Å². The minimum absolute atomic E-state index is 0.00557. The normalized spacial score (nSPS) is 17.0. The molecule has 0 spiro atoms. The van der Waals surface area contributed by atoms with Crippen LogP contribution in [-0.4, -0.2) is 60.9 Å². The zero-order chi connectivity index (χ0) is 30.9. The molecule has 1 saturated heterocycles. The van der Waals surface area contributed by atoms with Gasteiger partial charge in [-0.3, -0.25) is 4.90 Å². The number of fused-ring (bicyclic) bond motifs is 2. The average Bonchev–Trinajstić information content (AvgIpc) is 3.14. The van der Waals surface area contributed by atoms with E-state index in [1.807, 2.05) is 4.90 Å². The fourth-order valence-electron chi connectivity index (χ4n) is 5.30. The summed E-state index contributed by atoms with van der Waals surface area (Å²) in [5.41, 5.74) is -1.28. The van der Waals surface area contributed by atoms with E-state index in [0.717, 1.165) is 12.1 Å². The summed E-state index contributed by atoms with van der Waals surface area (Å²) in [5, 5.41) is 0. The monoisotopic (exact) mass is 602 g/mol. The van der Waals surface area contributed by atoms with Gasteiger partial charge in [-0.25, -0.2) is 22.4 Å². The first-order valence-corrected chi connectivity index (χ1v) is 14.0. The fourth-order valence-corrected chi connectivity index (χ4v) is 5.30. The molecule has 2 heterocycles. The number of benzene rings is 3. The van der Waals surface area contributed by atoms with Crippen LogP contribution in [0.3, 0.4) is 0 Å². The molecule has 3 aromatic carbocycles. The molecule has 11 heteroatoms. The van der Waals surface area contributed by atoms with E-state index in [1.165, 1.54) is 19.2 Å². The number of piperazine rings is 1. The van der Waals surface area contributed by atoms with Crippen molar-refractivity contribution in [3.8, 4) is 28.4 Å². The van der Waals surface area contributed by atoms with Gasteiger partial charge in [0, 0.05) is 42.9 Å². The summed E-state index contributed by atoms with van der Waals surface area (Å²) in [4.78, 5) is 16.2. The summed E-state index contributed by atoms with van der Waals surface area (Å²) in [5.74, 6) is -1.76. The number of nitrogens with zero attached hydrogens (tertiary/aromatic N) is 2. The van der Waals surface area contributed by atoms with Crippen molar-refractivity contribution in [3.63, 3.8) is 0 Å². The van der Waals surface area contributed by atoms with Crippen LogP contribution in [0.2, 0.25) is 0 Å². The van der Waals surface area contributed by atoms with Crippen LogP contribution in [0.25, 0.3) is 11.1 Å². The van der Waals surface area contributed by atoms with Crippen LogP contribution in [0.5, 0.6) is 17.2 Å². The van der Waals surface area contributed by atoms with Gasteiger partial charge in [-0.05, 0) is 50.6 Å². The lowest BCUT2D eigenvalue weighted by Crippen LogP contribution is -2.56. The molecule has 0 aliphatic carbocycles. The molecule has 0 N–H and O–H groups in total. The second kappa shape index (κ2) is 12.3. The molecule has 1 amide bonds. The summed E-state index contributed by atoms with van der Waals surface area (Å²) in [7, 11) is 1.53. The zero-order valence-electron chi connectivity index (χ0n) is 24.5. The second-order valence-corrected chi connectivity index (χ2v) is 11.6. The van der Waals surface area contributed by atoms with E-state index >= 15 is 8.78 Å². The predicted molar refractivity (Wildman–Crippen MR) is 152 cm³/mol. The molecule has 7 nitrogen and oxygen atoms in total. The number of carbonyl (C=O) groups excluding carboxylic acids is 1. The molecule has 5 rings (SSSR count). The van der Waals surface area contributed by atoms with Crippen LogP contribution in [-0.2, 0) is 17.9 Å². The first-order valence-electron chi connectivity index (χ1n) is 14.0. The van der Waals surface area contributed by atoms with Crippen LogP contribution in [0.1, 0.15) is 43.9 Å².